The molecule has 0 radical (unpaired) electrons. The second-order valence-electron chi connectivity index (χ2n) is 7.54. The van der Waals surface area contributed by atoms with Crippen LogP contribution >= 0.6 is 11.8 Å². The lowest BCUT2D eigenvalue weighted by atomic mass is 10.0. The van der Waals surface area contributed by atoms with Crippen LogP contribution in [0.4, 0.5) is 5.69 Å². The average Bonchev–Trinajstić information content (AvgIpc) is 2.93. The van der Waals surface area contributed by atoms with E-state index in [4.69, 9.17) is 19.2 Å². The van der Waals surface area contributed by atoms with E-state index in [1.165, 1.54) is 11.8 Å². The number of nitrogens with one attached hydrogen (secondary N) is 1. The molecule has 0 atom stereocenters. The molecule has 1 N–H and O–H groups in total. The van der Waals surface area contributed by atoms with Gasteiger partial charge in [-0.3, -0.25) is 4.79 Å². The Kier molecular flexibility index (Phi) is 8.36. The van der Waals surface area contributed by atoms with Gasteiger partial charge >= 0.3 is 0 Å². The first kappa shape index (κ1) is 25.0. The number of carbonyl (C=O) groups excluding carboxylic acids is 1. The van der Waals surface area contributed by atoms with Gasteiger partial charge < -0.3 is 19.5 Å². The maximum absolute atomic E-state index is 12.5. The predicted molar refractivity (Wildman–Crippen MR) is 141 cm³/mol. The van der Waals surface area contributed by atoms with Crippen LogP contribution in [0.25, 0.3) is 22.5 Å². The SMILES string of the molecule is CCOc1ccc(NC(=O)CSc2nnc(-c3ccc(OC)cc3)c(-c3ccc(OC)cc3)n2)cc1. The van der Waals surface area contributed by atoms with Crippen LogP contribution in [0.5, 0.6) is 17.2 Å². The van der Waals surface area contributed by atoms with Crippen LogP contribution in [-0.4, -0.2) is 47.7 Å². The molecule has 1 amide bonds. The van der Waals surface area contributed by atoms with Crippen LogP contribution in [0, 0.1) is 0 Å². The molecule has 9 heteroatoms. The van der Waals surface area contributed by atoms with Crippen molar-refractivity contribution in [1.29, 1.82) is 0 Å². The summed E-state index contributed by atoms with van der Waals surface area (Å²) < 4.78 is 16.0. The average molecular weight is 503 g/mol. The zero-order valence-corrected chi connectivity index (χ0v) is 21.0. The van der Waals surface area contributed by atoms with Gasteiger partial charge in [0.2, 0.25) is 11.1 Å². The Morgan fingerprint density at radius 2 is 1.33 bits per heavy atom. The number of ether oxygens (including phenoxy) is 3. The molecule has 8 nitrogen and oxygen atoms in total. The number of hydrogen-bond acceptors (Lipinski definition) is 8. The minimum atomic E-state index is -0.169. The summed E-state index contributed by atoms with van der Waals surface area (Å²) in [5.74, 6) is 2.22. The molecule has 0 aliphatic carbocycles. The van der Waals surface area contributed by atoms with E-state index < -0.39 is 0 Å². The molecule has 0 bridgehead atoms. The molecule has 4 rings (SSSR count). The van der Waals surface area contributed by atoms with Crippen molar-refractivity contribution in [2.75, 3.05) is 31.9 Å². The summed E-state index contributed by atoms with van der Waals surface area (Å²) in [5.41, 5.74) is 3.69. The van der Waals surface area contributed by atoms with Gasteiger partial charge in [0.1, 0.15) is 28.6 Å². The molecule has 184 valence electrons. The number of thioether (sulfide) groups is 1. The Labute approximate surface area is 214 Å². The lowest BCUT2D eigenvalue weighted by molar-refractivity contribution is -0.113. The van der Waals surface area contributed by atoms with Gasteiger partial charge in [0.05, 0.1) is 26.6 Å². The van der Waals surface area contributed by atoms with E-state index in [9.17, 15) is 4.79 Å². The second kappa shape index (κ2) is 12.0. The number of nitrogens with zero attached hydrogens (tertiary/aromatic N) is 3. The van der Waals surface area contributed by atoms with Crippen LogP contribution in [0.3, 0.4) is 0 Å². The molecular formula is C27H26N4O4S. The molecular weight excluding hydrogens is 476 g/mol. The highest BCUT2D eigenvalue weighted by molar-refractivity contribution is 7.99. The molecule has 4 aromatic rings. The number of aromatic nitrogens is 3. The summed E-state index contributed by atoms with van der Waals surface area (Å²) in [6.45, 7) is 2.51. The van der Waals surface area contributed by atoms with Crippen LogP contribution < -0.4 is 19.5 Å². The van der Waals surface area contributed by atoms with Crippen molar-refractivity contribution in [3.8, 4) is 39.8 Å². The number of benzene rings is 3. The zero-order valence-electron chi connectivity index (χ0n) is 20.2. The van der Waals surface area contributed by atoms with Crippen molar-refractivity contribution < 1.29 is 19.0 Å². The third-order valence-corrected chi connectivity index (χ3v) is 6.01. The van der Waals surface area contributed by atoms with Crippen molar-refractivity contribution in [1.82, 2.24) is 15.2 Å². The summed E-state index contributed by atoms with van der Waals surface area (Å²) in [4.78, 5) is 17.3. The quantitative estimate of drug-likeness (QED) is 0.290. The fourth-order valence-electron chi connectivity index (χ4n) is 3.39. The van der Waals surface area contributed by atoms with Crippen molar-refractivity contribution in [2.45, 2.75) is 12.1 Å². The Morgan fingerprint density at radius 1 is 0.778 bits per heavy atom. The Morgan fingerprint density at radius 3 is 1.89 bits per heavy atom. The maximum atomic E-state index is 12.5. The van der Waals surface area contributed by atoms with Crippen LogP contribution in [0.2, 0.25) is 0 Å². The minimum Gasteiger partial charge on any atom is -0.497 e. The van der Waals surface area contributed by atoms with Gasteiger partial charge in [0.15, 0.2) is 0 Å². The van der Waals surface area contributed by atoms with Crippen molar-refractivity contribution in [3.63, 3.8) is 0 Å². The van der Waals surface area contributed by atoms with Gasteiger partial charge in [-0.2, -0.15) is 0 Å². The number of amides is 1. The van der Waals surface area contributed by atoms with E-state index in [0.29, 0.717) is 28.8 Å². The smallest absolute Gasteiger partial charge is 0.234 e. The highest BCUT2D eigenvalue weighted by atomic mass is 32.2. The topological polar surface area (TPSA) is 95.5 Å². The molecule has 36 heavy (non-hydrogen) atoms. The Balaban J connectivity index is 1.53. The summed E-state index contributed by atoms with van der Waals surface area (Å²) >= 11 is 1.22. The first-order valence-corrected chi connectivity index (χ1v) is 12.3. The lowest BCUT2D eigenvalue weighted by Gasteiger charge is -2.11. The summed E-state index contributed by atoms with van der Waals surface area (Å²) in [6, 6.07) is 22.4. The minimum absolute atomic E-state index is 0.138. The van der Waals surface area contributed by atoms with E-state index in [0.717, 1.165) is 28.4 Å². The number of anilines is 1. The number of carbonyl (C=O) groups is 1. The highest BCUT2D eigenvalue weighted by Gasteiger charge is 2.15. The first-order chi connectivity index (χ1) is 17.6. The molecule has 0 fully saturated rings. The number of rotatable bonds is 10. The highest BCUT2D eigenvalue weighted by Crippen LogP contribution is 2.32. The lowest BCUT2D eigenvalue weighted by Crippen LogP contribution is -2.14. The maximum Gasteiger partial charge on any atom is 0.234 e. The third kappa shape index (κ3) is 6.31. The van der Waals surface area contributed by atoms with Crippen molar-refractivity contribution in [2.24, 2.45) is 0 Å². The van der Waals surface area contributed by atoms with Crippen LogP contribution in [-0.2, 0) is 4.79 Å². The van der Waals surface area contributed by atoms with Crippen LogP contribution in [0.15, 0.2) is 78.0 Å². The summed E-state index contributed by atoms with van der Waals surface area (Å²) in [7, 11) is 3.24. The van der Waals surface area contributed by atoms with E-state index in [-0.39, 0.29) is 11.7 Å². The first-order valence-electron chi connectivity index (χ1n) is 11.3. The standard InChI is InChI=1S/C27H26N4O4S/c1-4-35-23-15-9-20(10-16-23)28-24(32)17-36-27-29-25(18-5-11-21(33-2)12-6-18)26(30-31-27)19-7-13-22(34-3)14-8-19/h5-16H,4,17H2,1-3H3,(H,28,32). The van der Waals surface area contributed by atoms with E-state index in [1.54, 1.807) is 26.4 Å². The van der Waals surface area contributed by atoms with Gasteiger partial charge in [-0.05, 0) is 79.7 Å². The van der Waals surface area contributed by atoms with Crippen molar-refractivity contribution >= 4 is 23.4 Å². The van der Waals surface area contributed by atoms with Crippen LogP contribution in [0.1, 0.15) is 6.92 Å². The Hall–Kier alpha value is -4.11. The predicted octanol–water partition coefficient (Wildman–Crippen LogP) is 5.35. The molecule has 1 heterocycles. The van der Waals surface area contributed by atoms with Gasteiger partial charge in [0, 0.05) is 16.8 Å². The molecule has 0 spiro atoms. The van der Waals surface area contributed by atoms with E-state index in [2.05, 4.69) is 15.5 Å². The van der Waals surface area contributed by atoms with Gasteiger partial charge in [-0.25, -0.2) is 4.98 Å². The number of methoxy groups -OCH3 is 2. The molecule has 0 aliphatic heterocycles. The second-order valence-corrected chi connectivity index (χ2v) is 8.49. The largest absolute Gasteiger partial charge is 0.497 e. The molecule has 0 unspecified atom stereocenters. The molecule has 0 saturated heterocycles. The molecule has 3 aromatic carbocycles. The van der Waals surface area contributed by atoms with E-state index in [1.807, 2.05) is 67.6 Å². The van der Waals surface area contributed by atoms with E-state index >= 15 is 0 Å². The molecule has 1 aromatic heterocycles. The Bertz CT molecular complexity index is 1300. The fraction of sp³-hybridized carbons (Fsp3) is 0.185. The fourth-order valence-corrected chi connectivity index (χ4v) is 3.98. The summed E-state index contributed by atoms with van der Waals surface area (Å²) in [6.07, 6.45) is 0. The third-order valence-electron chi connectivity index (χ3n) is 5.18. The monoisotopic (exact) mass is 502 g/mol. The zero-order chi connectivity index (χ0) is 25.3. The molecule has 0 aliphatic rings. The molecule has 0 saturated carbocycles. The number of hydrogen-bond donors (Lipinski definition) is 1. The van der Waals surface area contributed by atoms with Crippen molar-refractivity contribution in [3.05, 3.63) is 72.8 Å². The van der Waals surface area contributed by atoms with Gasteiger partial charge in [0.25, 0.3) is 0 Å². The van der Waals surface area contributed by atoms with Gasteiger partial charge in [-0.1, -0.05) is 11.8 Å². The van der Waals surface area contributed by atoms with Gasteiger partial charge in [-0.15, -0.1) is 10.2 Å². The normalized spacial score (nSPS) is 10.5. The summed E-state index contributed by atoms with van der Waals surface area (Å²) in [5, 5.41) is 12.0.